The number of aliphatic hydroxyl groups is 1. The summed E-state index contributed by atoms with van der Waals surface area (Å²) in [6.07, 6.45) is 3.89. The van der Waals surface area contributed by atoms with Gasteiger partial charge in [0.2, 0.25) is 0 Å². The van der Waals surface area contributed by atoms with Crippen LogP contribution in [0.4, 0.5) is 5.82 Å². The van der Waals surface area contributed by atoms with E-state index in [1.165, 1.54) is 4.57 Å². The van der Waals surface area contributed by atoms with Crippen molar-refractivity contribution in [1.82, 2.24) is 9.55 Å². The first kappa shape index (κ1) is 11.7. The number of nitrogens with zero attached hydrogens (tertiary/aromatic N) is 3. The van der Waals surface area contributed by atoms with Crippen LogP contribution in [0.3, 0.4) is 0 Å². The van der Waals surface area contributed by atoms with E-state index < -0.39 is 0 Å². The highest BCUT2D eigenvalue weighted by atomic mass is 16.3. The molecule has 0 atom stereocenters. The predicted octanol–water partition coefficient (Wildman–Crippen LogP) is -0.0110. The minimum Gasteiger partial charge on any atom is -0.396 e. The third-order valence-electron chi connectivity index (χ3n) is 2.27. The molecule has 0 radical (unpaired) electrons. The van der Waals surface area contributed by atoms with Gasteiger partial charge in [-0.3, -0.25) is 4.79 Å². The summed E-state index contributed by atoms with van der Waals surface area (Å²) in [4.78, 5) is 17.7. The number of rotatable bonds is 5. The summed E-state index contributed by atoms with van der Waals surface area (Å²) in [7, 11) is 1.70. The molecule has 84 valence electrons. The van der Waals surface area contributed by atoms with Gasteiger partial charge in [0.15, 0.2) is 5.82 Å². The Labute approximate surface area is 89.0 Å². The van der Waals surface area contributed by atoms with Gasteiger partial charge in [-0.25, -0.2) is 4.98 Å². The third-order valence-corrected chi connectivity index (χ3v) is 2.27. The molecule has 0 unspecified atom stereocenters. The van der Waals surface area contributed by atoms with Gasteiger partial charge in [-0.1, -0.05) is 0 Å². The quantitative estimate of drug-likeness (QED) is 0.744. The van der Waals surface area contributed by atoms with Crippen molar-refractivity contribution in [2.45, 2.75) is 13.3 Å². The molecule has 0 aliphatic heterocycles. The van der Waals surface area contributed by atoms with Crippen LogP contribution in [0.5, 0.6) is 0 Å². The highest BCUT2D eigenvalue weighted by Gasteiger charge is 2.10. The molecule has 1 rings (SSSR count). The molecule has 5 nitrogen and oxygen atoms in total. The molecule has 0 aliphatic rings. The van der Waals surface area contributed by atoms with Crippen LogP contribution in [-0.2, 0) is 7.05 Å². The molecule has 0 aromatic carbocycles. The predicted molar refractivity (Wildman–Crippen MR) is 59.1 cm³/mol. The van der Waals surface area contributed by atoms with Crippen molar-refractivity contribution >= 4 is 5.82 Å². The van der Waals surface area contributed by atoms with Crippen molar-refractivity contribution in [3.05, 3.63) is 22.7 Å². The number of anilines is 1. The van der Waals surface area contributed by atoms with Gasteiger partial charge in [0, 0.05) is 39.1 Å². The van der Waals surface area contributed by atoms with Crippen molar-refractivity contribution in [2.24, 2.45) is 7.05 Å². The van der Waals surface area contributed by atoms with Gasteiger partial charge in [-0.05, 0) is 13.3 Å². The fourth-order valence-electron chi connectivity index (χ4n) is 1.38. The lowest BCUT2D eigenvalue weighted by Crippen LogP contribution is -2.33. The Kier molecular flexibility index (Phi) is 4.30. The van der Waals surface area contributed by atoms with Gasteiger partial charge in [0.1, 0.15) is 0 Å². The van der Waals surface area contributed by atoms with Crippen LogP contribution >= 0.6 is 0 Å². The molecule has 15 heavy (non-hydrogen) atoms. The smallest absolute Gasteiger partial charge is 0.293 e. The average molecular weight is 211 g/mol. The molecule has 0 amide bonds. The van der Waals surface area contributed by atoms with E-state index in [0.29, 0.717) is 25.3 Å². The first-order valence-corrected chi connectivity index (χ1v) is 5.08. The molecule has 1 aromatic heterocycles. The van der Waals surface area contributed by atoms with Crippen molar-refractivity contribution in [1.29, 1.82) is 0 Å². The van der Waals surface area contributed by atoms with Gasteiger partial charge < -0.3 is 14.6 Å². The van der Waals surface area contributed by atoms with Gasteiger partial charge in [0.05, 0.1) is 0 Å². The molecule has 0 bridgehead atoms. The molecule has 0 aliphatic carbocycles. The Balaban J connectivity index is 2.91. The lowest BCUT2D eigenvalue weighted by atomic mass is 10.4. The molecular weight excluding hydrogens is 194 g/mol. The van der Waals surface area contributed by atoms with Gasteiger partial charge >= 0.3 is 0 Å². The van der Waals surface area contributed by atoms with Crippen LogP contribution in [0.2, 0.25) is 0 Å². The molecule has 0 fully saturated rings. The number of aromatic nitrogens is 2. The van der Waals surface area contributed by atoms with E-state index in [1.807, 2.05) is 11.8 Å². The molecule has 5 heteroatoms. The Morgan fingerprint density at radius 2 is 2.33 bits per heavy atom. The number of hydrogen-bond acceptors (Lipinski definition) is 4. The number of aryl methyl sites for hydroxylation is 1. The summed E-state index contributed by atoms with van der Waals surface area (Å²) < 4.78 is 1.50. The fourth-order valence-corrected chi connectivity index (χ4v) is 1.38. The lowest BCUT2D eigenvalue weighted by molar-refractivity contribution is 0.289. The van der Waals surface area contributed by atoms with E-state index >= 15 is 0 Å². The van der Waals surface area contributed by atoms with E-state index in [9.17, 15) is 4.79 Å². The van der Waals surface area contributed by atoms with Crippen molar-refractivity contribution < 1.29 is 5.11 Å². The molecule has 0 spiro atoms. The van der Waals surface area contributed by atoms with E-state index in [-0.39, 0.29) is 12.2 Å². The van der Waals surface area contributed by atoms with Crippen LogP contribution in [0.15, 0.2) is 17.2 Å². The van der Waals surface area contributed by atoms with E-state index in [1.54, 1.807) is 19.4 Å². The highest BCUT2D eigenvalue weighted by Crippen LogP contribution is 2.03. The number of hydrogen-bond donors (Lipinski definition) is 1. The summed E-state index contributed by atoms with van der Waals surface area (Å²) in [5, 5.41) is 8.75. The summed E-state index contributed by atoms with van der Waals surface area (Å²) in [6.45, 7) is 3.46. The summed E-state index contributed by atoms with van der Waals surface area (Å²) in [6, 6.07) is 0. The zero-order chi connectivity index (χ0) is 11.3. The summed E-state index contributed by atoms with van der Waals surface area (Å²) >= 11 is 0. The normalized spacial score (nSPS) is 10.3. The van der Waals surface area contributed by atoms with Gasteiger partial charge in [-0.2, -0.15) is 0 Å². The second-order valence-electron chi connectivity index (χ2n) is 3.32. The van der Waals surface area contributed by atoms with Crippen molar-refractivity contribution in [3.8, 4) is 0 Å². The van der Waals surface area contributed by atoms with E-state index in [4.69, 9.17) is 5.11 Å². The molecule has 0 saturated carbocycles. The number of aliphatic hydroxyl groups excluding tert-OH is 1. The van der Waals surface area contributed by atoms with Crippen LogP contribution in [0.1, 0.15) is 13.3 Å². The maximum Gasteiger partial charge on any atom is 0.293 e. The van der Waals surface area contributed by atoms with Crippen LogP contribution in [-0.4, -0.2) is 34.4 Å². The van der Waals surface area contributed by atoms with E-state index in [2.05, 4.69) is 4.98 Å². The molecule has 1 heterocycles. The topological polar surface area (TPSA) is 58.4 Å². The maximum atomic E-state index is 11.7. The van der Waals surface area contributed by atoms with Crippen LogP contribution in [0, 0.1) is 0 Å². The third kappa shape index (κ3) is 2.79. The standard InChI is InChI=1S/C10H17N3O2/c1-3-13(6-4-8-14)9-10(15)12(2)7-5-11-9/h5,7,14H,3-4,6,8H2,1-2H3. The largest absolute Gasteiger partial charge is 0.396 e. The molecule has 0 saturated heterocycles. The lowest BCUT2D eigenvalue weighted by Gasteiger charge is -2.20. The van der Waals surface area contributed by atoms with Gasteiger partial charge in [0.25, 0.3) is 5.56 Å². The zero-order valence-corrected chi connectivity index (χ0v) is 9.18. The van der Waals surface area contributed by atoms with Crippen LogP contribution < -0.4 is 10.5 Å². The van der Waals surface area contributed by atoms with Gasteiger partial charge in [-0.15, -0.1) is 0 Å². The SMILES string of the molecule is CCN(CCCO)c1nccn(C)c1=O. The van der Waals surface area contributed by atoms with Crippen molar-refractivity contribution in [2.75, 3.05) is 24.6 Å². The minimum absolute atomic E-state index is 0.0997. The fraction of sp³-hybridized carbons (Fsp3) is 0.600. The molecule has 1 N–H and O–H groups in total. The highest BCUT2D eigenvalue weighted by molar-refractivity contribution is 5.35. The van der Waals surface area contributed by atoms with E-state index in [0.717, 1.165) is 0 Å². The second-order valence-corrected chi connectivity index (χ2v) is 3.32. The van der Waals surface area contributed by atoms with Crippen LogP contribution in [0.25, 0.3) is 0 Å². The monoisotopic (exact) mass is 211 g/mol. The summed E-state index contributed by atoms with van der Waals surface area (Å²) in [5.41, 5.74) is -0.0997. The first-order chi connectivity index (χ1) is 7.20. The Morgan fingerprint density at radius 1 is 1.60 bits per heavy atom. The maximum absolute atomic E-state index is 11.7. The average Bonchev–Trinajstić information content (AvgIpc) is 2.25. The zero-order valence-electron chi connectivity index (χ0n) is 9.18. The molecule has 1 aromatic rings. The Hall–Kier alpha value is -1.36. The second kappa shape index (κ2) is 5.50. The summed E-state index contributed by atoms with van der Waals surface area (Å²) in [5.74, 6) is 0.455. The van der Waals surface area contributed by atoms with Crippen molar-refractivity contribution in [3.63, 3.8) is 0 Å². The Morgan fingerprint density at radius 3 is 2.93 bits per heavy atom. The minimum atomic E-state index is -0.0997. The Bertz CT molecular complexity index is 362. The first-order valence-electron chi connectivity index (χ1n) is 5.08. The molecular formula is C10H17N3O2.